The van der Waals surface area contributed by atoms with Gasteiger partial charge in [0.1, 0.15) is 0 Å². The van der Waals surface area contributed by atoms with E-state index in [0.717, 1.165) is 11.8 Å². The molecule has 3 atom stereocenters. The largest absolute Gasteiger partial charge is 0.326 e. The highest BCUT2D eigenvalue weighted by Crippen LogP contribution is 2.41. The Balaban J connectivity index is 2.11. The predicted octanol–water partition coefficient (Wildman–Crippen LogP) is 4.18. The Kier molecular flexibility index (Phi) is 5.92. The average molecular weight is 280 g/mol. The second kappa shape index (κ2) is 7.26. The van der Waals surface area contributed by atoms with E-state index < -0.39 is 0 Å². The van der Waals surface area contributed by atoms with Gasteiger partial charge in [-0.15, -0.1) is 0 Å². The highest BCUT2D eigenvalue weighted by molar-refractivity contribution is 5.01. The number of hydrogen-bond acceptors (Lipinski definition) is 2. The van der Waals surface area contributed by atoms with E-state index in [1.165, 1.54) is 70.6 Å². The summed E-state index contributed by atoms with van der Waals surface area (Å²) in [5, 5.41) is 0. The van der Waals surface area contributed by atoms with Gasteiger partial charge >= 0.3 is 0 Å². The number of nitrogens with zero attached hydrogens (tertiary/aromatic N) is 1. The minimum absolute atomic E-state index is 0.275. The van der Waals surface area contributed by atoms with Crippen molar-refractivity contribution in [3.05, 3.63) is 0 Å². The van der Waals surface area contributed by atoms with E-state index in [-0.39, 0.29) is 5.54 Å². The van der Waals surface area contributed by atoms with Crippen LogP contribution in [0.2, 0.25) is 0 Å². The molecule has 0 heterocycles. The van der Waals surface area contributed by atoms with E-state index in [0.29, 0.717) is 6.04 Å². The summed E-state index contributed by atoms with van der Waals surface area (Å²) in [4.78, 5) is 2.48. The molecule has 2 aliphatic carbocycles. The molecule has 3 unspecified atom stereocenters. The Morgan fingerprint density at radius 1 is 1.05 bits per heavy atom. The first-order valence-electron chi connectivity index (χ1n) is 9.03. The summed E-state index contributed by atoms with van der Waals surface area (Å²) >= 11 is 0. The molecule has 0 bridgehead atoms. The van der Waals surface area contributed by atoms with Crippen molar-refractivity contribution < 1.29 is 0 Å². The highest BCUT2D eigenvalue weighted by Gasteiger charge is 2.43. The number of hydrogen-bond donors (Lipinski definition) is 1. The van der Waals surface area contributed by atoms with Crippen LogP contribution in [0.5, 0.6) is 0 Å². The van der Waals surface area contributed by atoms with Crippen molar-refractivity contribution in [3.8, 4) is 0 Å². The topological polar surface area (TPSA) is 29.3 Å². The van der Waals surface area contributed by atoms with Crippen LogP contribution in [0.1, 0.15) is 77.6 Å². The van der Waals surface area contributed by atoms with Crippen molar-refractivity contribution in [2.45, 2.75) is 89.1 Å². The molecule has 0 saturated heterocycles. The minimum Gasteiger partial charge on any atom is -0.326 e. The Hall–Kier alpha value is -0.0800. The van der Waals surface area contributed by atoms with Gasteiger partial charge in [-0.3, -0.25) is 0 Å². The zero-order chi connectivity index (χ0) is 14.6. The lowest BCUT2D eigenvalue weighted by Crippen LogP contribution is -2.60. The van der Waals surface area contributed by atoms with Gasteiger partial charge in [0.2, 0.25) is 0 Å². The van der Waals surface area contributed by atoms with Crippen LogP contribution in [0.3, 0.4) is 0 Å². The van der Waals surface area contributed by atoms with Crippen molar-refractivity contribution in [2.24, 2.45) is 17.6 Å². The third-order valence-electron chi connectivity index (χ3n) is 6.39. The summed E-state index contributed by atoms with van der Waals surface area (Å²) < 4.78 is 0. The van der Waals surface area contributed by atoms with Gasteiger partial charge in [0.15, 0.2) is 0 Å². The number of nitrogens with two attached hydrogens (primary N) is 1. The lowest BCUT2D eigenvalue weighted by atomic mass is 9.69. The first kappa shape index (κ1) is 16.3. The van der Waals surface area contributed by atoms with Gasteiger partial charge in [-0.1, -0.05) is 51.9 Å². The molecule has 2 rings (SSSR count). The Morgan fingerprint density at radius 3 is 2.25 bits per heavy atom. The summed E-state index contributed by atoms with van der Waals surface area (Å²) in [5.41, 5.74) is 7.18. The maximum Gasteiger partial charge on any atom is 0.0357 e. The third kappa shape index (κ3) is 3.39. The fourth-order valence-electron chi connectivity index (χ4n) is 4.89. The molecule has 118 valence electrons. The lowest BCUT2D eigenvalue weighted by molar-refractivity contribution is 0.0530. The SMILES string of the molecule is CCC1CCCC(C(N)C2(N(C)C)CCCCCC2)C1. The molecule has 2 aliphatic rings. The van der Waals surface area contributed by atoms with E-state index in [2.05, 4.69) is 25.9 Å². The van der Waals surface area contributed by atoms with Crippen LogP contribution in [0.4, 0.5) is 0 Å². The van der Waals surface area contributed by atoms with E-state index >= 15 is 0 Å². The average Bonchev–Trinajstić information content (AvgIpc) is 2.73. The molecule has 2 saturated carbocycles. The molecule has 0 radical (unpaired) electrons. The quantitative estimate of drug-likeness (QED) is 0.783. The molecular formula is C18H36N2. The van der Waals surface area contributed by atoms with Crippen LogP contribution in [0, 0.1) is 11.8 Å². The van der Waals surface area contributed by atoms with Crippen LogP contribution in [0.25, 0.3) is 0 Å². The maximum atomic E-state index is 6.90. The lowest BCUT2D eigenvalue weighted by Gasteiger charge is -2.49. The third-order valence-corrected chi connectivity index (χ3v) is 6.39. The number of rotatable bonds is 4. The second-order valence-corrected chi connectivity index (χ2v) is 7.64. The molecule has 0 spiro atoms. The molecule has 2 N–H and O–H groups in total. The zero-order valence-corrected chi connectivity index (χ0v) is 14.0. The highest BCUT2D eigenvalue weighted by atomic mass is 15.2. The maximum absolute atomic E-state index is 6.90. The standard InChI is InChI=1S/C18H36N2/c1-4-15-10-9-11-16(14-15)17(19)18(20(2)3)12-7-5-6-8-13-18/h15-17H,4-14,19H2,1-3H3. The Labute approximate surface area is 126 Å². The minimum atomic E-state index is 0.275. The Bertz CT molecular complexity index is 279. The van der Waals surface area contributed by atoms with Gasteiger partial charge < -0.3 is 10.6 Å². The molecule has 2 heteroatoms. The van der Waals surface area contributed by atoms with Gasteiger partial charge in [-0.05, 0) is 51.6 Å². The van der Waals surface area contributed by atoms with Gasteiger partial charge in [-0.25, -0.2) is 0 Å². The molecule has 0 aliphatic heterocycles. The smallest absolute Gasteiger partial charge is 0.0357 e. The van der Waals surface area contributed by atoms with Crippen LogP contribution >= 0.6 is 0 Å². The van der Waals surface area contributed by atoms with Crippen molar-refractivity contribution in [2.75, 3.05) is 14.1 Å². The van der Waals surface area contributed by atoms with Crippen LogP contribution in [0.15, 0.2) is 0 Å². The summed E-state index contributed by atoms with van der Waals surface area (Å²) in [7, 11) is 4.54. The van der Waals surface area contributed by atoms with Gasteiger partial charge in [0.25, 0.3) is 0 Å². The molecule has 2 fully saturated rings. The summed E-state index contributed by atoms with van der Waals surface area (Å²) in [6.45, 7) is 2.35. The number of likely N-dealkylation sites (N-methyl/N-ethyl adjacent to an activating group) is 1. The first-order valence-corrected chi connectivity index (χ1v) is 9.03. The fraction of sp³-hybridized carbons (Fsp3) is 1.00. The van der Waals surface area contributed by atoms with Crippen molar-refractivity contribution >= 4 is 0 Å². The van der Waals surface area contributed by atoms with Crippen LogP contribution in [-0.2, 0) is 0 Å². The molecule has 0 aromatic heterocycles. The Morgan fingerprint density at radius 2 is 1.70 bits per heavy atom. The van der Waals surface area contributed by atoms with Crippen molar-refractivity contribution in [1.82, 2.24) is 4.90 Å². The normalized spacial score (nSPS) is 32.9. The van der Waals surface area contributed by atoms with E-state index in [4.69, 9.17) is 5.73 Å². The molecule has 20 heavy (non-hydrogen) atoms. The van der Waals surface area contributed by atoms with Crippen molar-refractivity contribution in [3.63, 3.8) is 0 Å². The molecule has 0 amide bonds. The van der Waals surface area contributed by atoms with Crippen LogP contribution in [-0.4, -0.2) is 30.6 Å². The van der Waals surface area contributed by atoms with E-state index in [9.17, 15) is 0 Å². The second-order valence-electron chi connectivity index (χ2n) is 7.64. The molecule has 2 nitrogen and oxygen atoms in total. The van der Waals surface area contributed by atoms with Crippen LogP contribution < -0.4 is 5.73 Å². The van der Waals surface area contributed by atoms with E-state index in [1.54, 1.807) is 0 Å². The summed E-state index contributed by atoms with van der Waals surface area (Å²) in [6, 6.07) is 0.380. The van der Waals surface area contributed by atoms with E-state index in [1.807, 2.05) is 0 Å². The molecule has 0 aromatic carbocycles. The van der Waals surface area contributed by atoms with Gasteiger partial charge in [0.05, 0.1) is 0 Å². The summed E-state index contributed by atoms with van der Waals surface area (Å²) in [5.74, 6) is 1.69. The molecular weight excluding hydrogens is 244 g/mol. The molecule has 0 aromatic rings. The summed E-state index contributed by atoms with van der Waals surface area (Å²) in [6.07, 6.45) is 15.1. The van der Waals surface area contributed by atoms with Gasteiger partial charge in [0, 0.05) is 11.6 Å². The fourth-order valence-corrected chi connectivity index (χ4v) is 4.89. The predicted molar refractivity (Wildman–Crippen MR) is 87.8 cm³/mol. The first-order chi connectivity index (χ1) is 9.60. The van der Waals surface area contributed by atoms with Crippen molar-refractivity contribution in [1.29, 1.82) is 0 Å². The monoisotopic (exact) mass is 280 g/mol. The van der Waals surface area contributed by atoms with Gasteiger partial charge in [-0.2, -0.15) is 0 Å². The zero-order valence-electron chi connectivity index (χ0n) is 14.0.